The third-order valence-corrected chi connectivity index (χ3v) is 6.51. The Bertz CT molecular complexity index is 612. The summed E-state index contributed by atoms with van der Waals surface area (Å²) in [4.78, 5) is 0.464. The number of benzene rings is 1. The molecule has 1 saturated heterocycles. The van der Waals surface area contributed by atoms with Crippen LogP contribution in [-0.4, -0.2) is 45.1 Å². The molecule has 130 valence electrons. The minimum atomic E-state index is -3.43. The lowest BCUT2D eigenvalue weighted by atomic mass is 10.1. The quantitative estimate of drug-likeness (QED) is 0.805. The lowest BCUT2D eigenvalue weighted by molar-refractivity contribution is 0.0209. The van der Waals surface area contributed by atoms with E-state index in [9.17, 15) is 8.42 Å². The van der Waals surface area contributed by atoms with E-state index in [0.29, 0.717) is 31.1 Å². The number of aryl methyl sites for hydroxylation is 3. The molecule has 2 N–H and O–H groups in total. The first-order valence-electron chi connectivity index (χ1n) is 8.26. The Morgan fingerprint density at radius 3 is 2.26 bits per heavy atom. The number of nitrogens with zero attached hydrogens (tertiary/aromatic N) is 1. The molecule has 1 fully saturated rings. The van der Waals surface area contributed by atoms with Gasteiger partial charge in [-0.05, 0) is 57.7 Å². The van der Waals surface area contributed by atoms with Crippen LogP contribution in [0.15, 0.2) is 17.0 Å². The maximum Gasteiger partial charge on any atom is 0.243 e. The molecule has 1 aliphatic heterocycles. The average Bonchev–Trinajstić information content (AvgIpc) is 2.46. The number of sulfonamides is 1. The summed E-state index contributed by atoms with van der Waals surface area (Å²) in [6.45, 7) is 8.04. The van der Waals surface area contributed by atoms with E-state index in [1.165, 1.54) is 0 Å². The number of hydrogen-bond donors (Lipinski definition) is 1. The van der Waals surface area contributed by atoms with Gasteiger partial charge >= 0.3 is 0 Å². The Morgan fingerprint density at radius 1 is 1.17 bits per heavy atom. The van der Waals surface area contributed by atoms with Crippen LogP contribution >= 0.6 is 0 Å². The molecule has 0 atom stereocenters. The van der Waals surface area contributed by atoms with Crippen LogP contribution in [0.2, 0.25) is 0 Å². The summed E-state index contributed by atoms with van der Waals surface area (Å²) in [5.74, 6) is 0. The van der Waals surface area contributed by atoms with Crippen molar-refractivity contribution in [2.24, 2.45) is 5.73 Å². The highest BCUT2D eigenvalue weighted by Crippen LogP contribution is 2.27. The van der Waals surface area contributed by atoms with Crippen LogP contribution in [0.3, 0.4) is 0 Å². The van der Waals surface area contributed by atoms with E-state index < -0.39 is 10.0 Å². The lowest BCUT2D eigenvalue weighted by Gasteiger charge is -2.32. The summed E-state index contributed by atoms with van der Waals surface area (Å²) in [7, 11) is -3.43. The highest BCUT2D eigenvalue weighted by Gasteiger charge is 2.31. The van der Waals surface area contributed by atoms with Gasteiger partial charge in [0.05, 0.1) is 11.0 Å². The topological polar surface area (TPSA) is 72.6 Å². The Balaban J connectivity index is 2.08. The molecule has 23 heavy (non-hydrogen) atoms. The molecule has 0 radical (unpaired) electrons. The van der Waals surface area contributed by atoms with Gasteiger partial charge < -0.3 is 10.5 Å². The molecule has 6 heteroatoms. The first kappa shape index (κ1) is 18.4. The van der Waals surface area contributed by atoms with Crippen molar-refractivity contribution in [2.45, 2.75) is 51.0 Å². The molecule has 0 spiro atoms. The van der Waals surface area contributed by atoms with Crippen molar-refractivity contribution in [3.05, 3.63) is 28.8 Å². The zero-order chi connectivity index (χ0) is 17.0. The largest absolute Gasteiger partial charge is 0.378 e. The zero-order valence-corrected chi connectivity index (χ0v) is 15.2. The van der Waals surface area contributed by atoms with E-state index in [1.807, 2.05) is 32.9 Å². The molecule has 1 heterocycles. The van der Waals surface area contributed by atoms with Crippen LogP contribution in [0, 0.1) is 20.8 Å². The number of rotatable bonds is 6. The fraction of sp³-hybridized carbons (Fsp3) is 0.647. The summed E-state index contributed by atoms with van der Waals surface area (Å²) >= 11 is 0. The van der Waals surface area contributed by atoms with Crippen molar-refractivity contribution in [2.75, 3.05) is 26.2 Å². The predicted molar refractivity (Wildman–Crippen MR) is 92.1 cm³/mol. The molecule has 0 aliphatic carbocycles. The number of hydrogen-bond acceptors (Lipinski definition) is 4. The Kier molecular flexibility index (Phi) is 6.19. The monoisotopic (exact) mass is 340 g/mol. The molecule has 1 aromatic carbocycles. The van der Waals surface area contributed by atoms with Gasteiger partial charge in [-0.25, -0.2) is 8.42 Å². The molecule has 0 bridgehead atoms. The molecule has 0 aromatic heterocycles. The van der Waals surface area contributed by atoms with E-state index >= 15 is 0 Å². The molecule has 0 unspecified atom stereocenters. The maximum atomic E-state index is 13.0. The lowest BCUT2D eigenvalue weighted by Crippen LogP contribution is -2.41. The molecule has 5 nitrogen and oxygen atoms in total. The Hall–Kier alpha value is -0.950. The van der Waals surface area contributed by atoms with E-state index in [-0.39, 0.29) is 6.10 Å². The van der Waals surface area contributed by atoms with Gasteiger partial charge in [0.2, 0.25) is 10.0 Å². The van der Waals surface area contributed by atoms with Crippen LogP contribution in [-0.2, 0) is 14.8 Å². The molecule has 1 aromatic rings. The van der Waals surface area contributed by atoms with Gasteiger partial charge in [-0.15, -0.1) is 0 Å². The Labute approximate surface area is 139 Å². The summed E-state index contributed by atoms with van der Waals surface area (Å²) < 4.78 is 33.3. The van der Waals surface area contributed by atoms with Gasteiger partial charge in [-0.3, -0.25) is 0 Å². The maximum absolute atomic E-state index is 13.0. The van der Waals surface area contributed by atoms with Crippen LogP contribution < -0.4 is 5.73 Å². The SMILES string of the molecule is Cc1cc(C)c(S(=O)(=O)N2CCC(OCCCN)CC2)c(C)c1. The van der Waals surface area contributed by atoms with E-state index in [2.05, 4.69) is 0 Å². The smallest absolute Gasteiger partial charge is 0.243 e. The van der Waals surface area contributed by atoms with Crippen molar-refractivity contribution < 1.29 is 13.2 Å². The van der Waals surface area contributed by atoms with Crippen molar-refractivity contribution in [3.63, 3.8) is 0 Å². The Morgan fingerprint density at radius 2 is 1.74 bits per heavy atom. The summed E-state index contributed by atoms with van der Waals surface area (Å²) in [5, 5.41) is 0. The molecule has 2 rings (SSSR count). The second-order valence-electron chi connectivity index (χ2n) is 6.34. The number of nitrogens with two attached hydrogens (primary N) is 1. The zero-order valence-electron chi connectivity index (χ0n) is 14.3. The standard InChI is InChI=1S/C17H28N2O3S/c1-13-11-14(2)17(15(3)12-13)23(20,21)19-8-5-16(6-9-19)22-10-4-7-18/h11-12,16H,4-10,18H2,1-3H3. The van der Waals surface area contributed by atoms with Crippen LogP contribution in [0.1, 0.15) is 36.0 Å². The van der Waals surface area contributed by atoms with Gasteiger partial charge in [0.15, 0.2) is 0 Å². The van der Waals surface area contributed by atoms with Crippen LogP contribution in [0.4, 0.5) is 0 Å². The summed E-state index contributed by atoms with van der Waals surface area (Å²) in [6, 6.07) is 3.87. The van der Waals surface area contributed by atoms with Crippen molar-refractivity contribution in [1.29, 1.82) is 0 Å². The van der Waals surface area contributed by atoms with Crippen molar-refractivity contribution in [1.82, 2.24) is 4.31 Å². The summed E-state index contributed by atoms with van der Waals surface area (Å²) in [6.07, 6.45) is 2.48. The third-order valence-electron chi connectivity index (χ3n) is 4.31. The van der Waals surface area contributed by atoms with Gasteiger partial charge in [-0.1, -0.05) is 17.7 Å². The molecular formula is C17H28N2O3S. The molecule has 0 saturated carbocycles. The fourth-order valence-corrected chi connectivity index (χ4v) is 5.16. The first-order valence-corrected chi connectivity index (χ1v) is 9.70. The van der Waals surface area contributed by atoms with E-state index in [4.69, 9.17) is 10.5 Å². The molecule has 1 aliphatic rings. The predicted octanol–water partition coefficient (Wildman–Crippen LogP) is 2.13. The molecular weight excluding hydrogens is 312 g/mol. The van der Waals surface area contributed by atoms with Crippen LogP contribution in [0.25, 0.3) is 0 Å². The van der Waals surface area contributed by atoms with Gasteiger partial charge in [0, 0.05) is 19.7 Å². The van der Waals surface area contributed by atoms with Gasteiger partial charge in [0.25, 0.3) is 0 Å². The minimum absolute atomic E-state index is 0.146. The van der Waals surface area contributed by atoms with E-state index in [1.54, 1.807) is 4.31 Å². The highest BCUT2D eigenvalue weighted by molar-refractivity contribution is 7.89. The number of ether oxygens (including phenoxy) is 1. The summed E-state index contributed by atoms with van der Waals surface area (Å²) in [5.41, 5.74) is 8.19. The van der Waals surface area contributed by atoms with Crippen molar-refractivity contribution in [3.8, 4) is 0 Å². The van der Waals surface area contributed by atoms with Crippen molar-refractivity contribution >= 4 is 10.0 Å². The third kappa shape index (κ3) is 4.32. The normalized spacial score (nSPS) is 17.6. The average molecular weight is 340 g/mol. The molecule has 0 amide bonds. The second kappa shape index (κ2) is 7.75. The van der Waals surface area contributed by atoms with Gasteiger partial charge in [-0.2, -0.15) is 4.31 Å². The highest BCUT2D eigenvalue weighted by atomic mass is 32.2. The minimum Gasteiger partial charge on any atom is -0.378 e. The number of piperidine rings is 1. The van der Waals surface area contributed by atoms with Crippen LogP contribution in [0.5, 0.6) is 0 Å². The van der Waals surface area contributed by atoms with E-state index in [0.717, 1.165) is 36.0 Å². The first-order chi connectivity index (χ1) is 10.9. The second-order valence-corrected chi connectivity index (χ2v) is 8.22. The van der Waals surface area contributed by atoms with Gasteiger partial charge in [0.1, 0.15) is 0 Å². The fourth-order valence-electron chi connectivity index (χ4n) is 3.28.